The van der Waals surface area contributed by atoms with E-state index in [1.165, 1.54) is 5.39 Å². The molecule has 0 aliphatic heterocycles. The zero-order chi connectivity index (χ0) is 16.8. The Labute approximate surface area is 141 Å². The lowest BCUT2D eigenvalue weighted by Gasteiger charge is -2.21. The summed E-state index contributed by atoms with van der Waals surface area (Å²) in [5, 5.41) is 2.33. The van der Waals surface area contributed by atoms with Crippen LogP contribution in [0.5, 0.6) is 0 Å². The molecule has 124 valence electrons. The zero-order valence-electron chi connectivity index (χ0n) is 13.8. The lowest BCUT2D eigenvalue weighted by molar-refractivity contribution is -0.132. The molecule has 24 heavy (non-hydrogen) atoms. The molecule has 0 atom stereocenters. The Morgan fingerprint density at radius 1 is 1.08 bits per heavy atom. The molecular weight excluding hydrogens is 302 g/mol. The number of hydrogen-bond donors (Lipinski definition) is 0. The Morgan fingerprint density at radius 2 is 1.92 bits per heavy atom. The molecule has 0 unspecified atom stereocenters. The summed E-state index contributed by atoms with van der Waals surface area (Å²) < 4.78 is 10.5. The van der Waals surface area contributed by atoms with Crippen molar-refractivity contribution < 1.29 is 13.9 Å². The molecule has 0 spiro atoms. The van der Waals surface area contributed by atoms with Crippen molar-refractivity contribution in [2.75, 3.05) is 20.3 Å². The second-order valence-electron chi connectivity index (χ2n) is 5.75. The first kappa shape index (κ1) is 16.3. The molecule has 0 aliphatic rings. The van der Waals surface area contributed by atoms with E-state index in [4.69, 9.17) is 9.15 Å². The van der Waals surface area contributed by atoms with Crippen molar-refractivity contribution in [1.29, 1.82) is 0 Å². The average Bonchev–Trinajstić information content (AvgIpc) is 3.11. The summed E-state index contributed by atoms with van der Waals surface area (Å²) in [5.41, 5.74) is 1.01. The maximum atomic E-state index is 12.7. The normalized spacial score (nSPS) is 10.9. The molecule has 0 saturated heterocycles. The molecule has 2 aromatic carbocycles. The number of carbonyl (C=O) groups is 1. The highest BCUT2D eigenvalue weighted by Gasteiger charge is 2.16. The molecule has 1 aromatic heterocycles. The van der Waals surface area contributed by atoms with E-state index < -0.39 is 0 Å². The molecule has 3 rings (SSSR count). The predicted octanol–water partition coefficient (Wildman–Crippen LogP) is 3.65. The van der Waals surface area contributed by atoms with Gasteiger partial charge in [-0.25, -0.2) is 0 Å². The Kier molecular flexibility index (Phi) is 5.29. The second-order valence-corrected chi connectivity index (χ2v) is 5.75. The van der Waals surface area contributed by atoms with Crippen LogP contribution in [0.4, 0.5) is 0 Å². The fourth-order valence-electron chi connectivity index (χ4n) is 2.72. The number of ether oxygens (including phenoxy) is 1. The molecular formula is C20H21NO3. The van der Waals surface area contributed by atoms with Crippen LogP contribution in [0.3, 0.4) is 0 Å². The monoisotopic (exact) mass is 323 g/mol. The van der Waals surface area contributed by atoms with Crippen LogP contribution in [0.1, 0.15) is 11.3 Å². The standard InChI is InChI=1S/C20H21NO3/c1-23-12-10-21(15-19-7-4-11-24-19)20(22)14-16-8-9-17-5-2-3-6-18(17)13-16/h2-9,11,13H,10,12,14-15H2,1H3. The Morgan fingerprint density at radius 3 is 2.67 bits per heavy atom. The molecule has 0 saturated carbocycles. The van der Waals surface area contributed by atoms with Gasteiger partial charge in [0.15, 0.2) is 0 Å². The van der Waals surface area contributed by atoms with Gasteiger partial charge >= 0.3 is 0 Å². The zero-order valence-corrected chi connectivity index (χ0v) is 13.8. The minimum absolute atomic E-state index is 0.0683. The van der Waals surface area contributed by atoms with Gasteiger partial charge in [0.05, 0.1) is 25.8 Å². The largest absolute Gasteiger partial charge is 0.467 e. The fraction of sp³-hybridized carbons (Fsp3) is 0.250. The van der Waals surface area contributed by atoms with Gasteiger partial charge in [-0.3, -0.25) is 4.79 Å². The minimum atomic E-state index is 0.0683. The lowest BCUT2D eigenvalue weighted by Crippen LogP contribution is -2.34. The third-order valence-corrected chi connectivity index (χ3v) is 4.01. The van der Waals surface area contributed by atoms with Crippen LogP contribution < -0.4 is 0 Å². The summed E-state index contributed by atoms with van der Waals surface area (Å²) in [6.45, 7) is 1.51. The third kappa shape index (κ3) is 4.03. The van der Waals surface area contributed by atoms with Crippen LogP contribution in [0.25, 0.3) is 10.8 Å². The number of amides is 1. The summed E-state index contributed by atoms with van der Waals surface area (Å²) in [6, 6.07) is 18.0. The van der Waals surface area contributed by atoms with Gasteiger partial charge < -0.3 is 14.1 Å². The molecule has 3 aromatic rings. The Bertz CT molecular complexity index is 796. The topological polar surface area (TPSA) is 42.7 Å². The van der Waals surface area contributed by atoms with Crippen molar-refractivity contribution in [2.45, 2.75) is 13.0 Å². The summed E-state index contributed by atoms with van der Waals surface area (Å²) >= 11 is 0. The van der Waals surface area contributed by atoms with E-state index in [0.29, 0.717) is 26.1 Å². The minimum Gasteiger partial charge on any atom is -0.467 e. The maximum Gasteiger partial charge on any atom is 0.227 e. The maximum absolute atomic E-state index is 12.7. The molecule has 0 fully saturated rings. The van der Waals surface area contributed by atoms with Gasteiger partial charge in [-0.2, -0.15) is 0 Å². The fourth-order valence-corrected chi connectivity index (χ4v) is 2.72. The van der Waals surface area contributed by atoms with E-state index in [1.807, 2.05) is 30.3 Å². The summed E-state index contributed by atoms with van der Waals surface area (Å²) in [7, 11) is 1.64. The van der Waals surface area contributed by atoms with Gasteiger partial charge in [0, 0.05) is 13.7 Å². The van der Waals surface area contributed by atoms with Gasteiger partial charge in [-0.05, 0) is 28.5 Å². The van der Waals surface area contributed by atoms with Crippen LogP contribution in [0.2, 0.25) is 0 Å². The summed E-state index contributed by atoms with van der Waals surface area (Å²) in [5.74, 6) is 0.844. The van der Waals surface area contributed by atoms with Crippen LogP contribution in [0.15, 0.2) is 65.3 Å². The number of rotatable bonds is 7. The number of benzene rings is 2. The van der Waals surface area contributed by atoms with Crippen LogP contribution >= 0.6 is 0 Å². The van der Waals surface area contributed by atoms with Gasteiger partial charge in [0.2, 0.25) is 5.91 Å². The smallest absolute Gasteiger partial charge is 0.227 e. The predicted molar refractivity (Wildman–Crippen MR) is 93.7 cm³/mol. The Balaban J connectivity index is 1.73. The van der Waals surface area contributed by atoms with Crippen LogP contribution in [-0.4, -0.2) is 31.1 Å². The molecule has 1 amide bonds. The quantitative estimate of drug-likeness (QED) is 0.666. The van der Waals surface area contributed by atoms with Crippen LogP contribution in [0, 0.1) is 0 Å². The number of hydrogen-bond acceptors (Lipinski definition) is 3. The molecule has 1 heterocycles. The first-order valence-corrected chi connectivity index (χ1v) is 8.03. The molecule has 4 heteroatoms. The van der Waals surface area contributed by atoms with Crippen LogP contribution in [-0.2, 0) is 22.5 Å². The number of fused-ring (bicyclic) bond motifs is 1. The lowest BCUT2D eigenvalue weighted by atomic mass is 10.0. The van der Waals surface area contributed by atoms with Gasteiger partial charge in [-0.1, -0.05) is 42.5 Å². The van der Waals surface area contributed by atoms with Crippen molar-refractivity contribution in [2.24, 2.45) is 0 Å². The molecule has 0 radical (unpaired) electrons. The van der Waals surface area contributed by atoms with Crippen molar-refractivity contribution in [3.63, 3.8) is 0 Å². The van der Waals surface area contributed by atoms with Crippen molar-refractivity contribution >= 4 is 16.7 Å². The SMILES string of the molecule is COCCN(Cc1ccco1)C(=O)Cc1ccc2ccccc2c1. The van der Waals surface area contributed by atoms with Gasteiger partial charge in [0.25, 0.3) is 0 Å². The highest BCUT2D eigenvalue weighted by Crippen LogP contribution is 2.17. The number of nitrogens with zero attached hydrogens (tertiary/aromatic N) is 1. The van der Waals surface area contributed by atoms with Gasteiger partial charge in [0.1, 0.15) is 5.76 Å². The number of methoxy groups -OCH3 is 1. The molecule has 0 aliphatic carbocycles. The first-order valence-electron chi connectivity index (χ1n) is 8.03. The van der Waals surface area contributed by atoms with E-state index in [9.17, 15) is 4.79 Å². The molecule has 0 N–H and O–H groups in total. The third-order valence-electron chi connectivity index (χ3n) is 4.01. The first-order chi connectivity index (χ1) is 11.8. The number of furan rings is 1. The highest BCUT2D eigenvalue weighted by atomic mass is 16.5. The average molecular weight is 323 g/mol. The second kappa shape index (κ2) is 7.79. The van der Waals surface area contributed by atoms with E-state index in [2.05, 4.69) is 24.3 Å². The van der Waals surface area contributed by atoms with E-state index in [1.54, 1.807) is 18.3 Å². The number of carbonyl (C=O) groups excluding carboxylic acids is 1. The summed E-state index contributed by atoms with van der Waals surface area (Å²) in [6.07, 6.45) is 1.99. The van der Waals surface area contributed by atoms with Crippen molar-refractivity contribution in [1.82, 2.24) is 4.90 Å². The van der Waals surface area contributed by atoms with E-state index in [-0.39, 0.29) is 5.91 Å². The Hall–Kier alpha value is -2.59. The van der Waals surface area contributed by atoms with Gasteiger partial charge in [-0.15, -0.1) is 0 Å². The van der Waals surface area contributed by atoms with E-state index >= 15 is 0 Å². The molecule has 0 bridgehead atoms. The van der Waals surface area contributed by atoms with Crippen molar-refractivity contribution in [3.05, 3.63) is 72.2 Å². The van der Waals surface area contributed by atoms with Crippen molar-refractivity contribution in [3.8, 4) is 0 Å². The highest BCUT2D eigenvalue weighted by molar-refractivity contribution is 5.85. The molecule has 4 nitrogen and oxygen atoms in total. The summed E-state index contributed by atoms with van der Waals surface area (Å²) in [4.78, 5) is 14.5. The van der Waals surface area contributed by atoms with E-state index in [0.717, 1.165) is 16.7 Å².